The lowest BCUT2D eigenvalue weighted by atomic mass is 10.1. The number of aromatic nitrogens is 2. The van der Waals surface area contributed by atoms with Gasteiger partial charge in [0, 0.05) is 40.1 Å². The van der Waals surface area contributed by atoms with E-state index in [0.717, 1.165) is 30.6 Å². The number of hydrogen-bond acceptors (Lipinski definition) is 7. The van der Waals surface area contributed by atoms with Gasteiger partial charge in [0.05, 0.1) is 18.7 Å². The first-order chi connectivity index (χ1) is 15.9. The highest BCUT2D eigenvalue weighted by Gasteiger charge is 2.30. The Morgan fingerprint density at radius 3 is 2.30 bits per heavy atom. The zero-order chi connectivity index (χ0) is 23.4. The Morgan fingerprint density at radius 1 is 1.06 bits per heavy atom. The van der Waals surface area contributed by atoms with E-state index in [0.29, 0.717) is 37.8 Å². The summed E-state index contributed by atoms with van der Waals surface area (Å²) in [5.41, 5.74) is 1.01. The molecule has 2 aliphatic rings. The summed E-state index contributed by atoms with van der Waals surface area (Å²) in [6, 6.07) is 7.65. The number of methoxy groups -OCH3 is 1. The van der Waals surface area contributed by atoms with Crippen LogP contribution in [-0.2, 0) is 9.53 Å². The first-order valence-corrected chi connectivity index (χ1v) is 11.5. The number of nitrogens with zero attached hydrogens (tertiary/aromatic N) is 4. The molecule has 9 heteroatoms. The topological polar surface area (TPSA) is 79.8 Å². The van der Waals surface area contributed by atoms with E-state index in [1.165, 1.54) is 13.3 Å². The Morgan fingerprint density at radius 2 is 1.67 bits per heavy atom. The molecule has 1 amide bonds. The molecule has 0 saturated carbocycles. The summed E-state index contributed by atoms with van der Waals surface area (Å²) in [4.78, 5) is 23.6. The normalized spacial score (nSPS) is 20.1. The van der Waals surface area contributed by atoms with E-state index in [1.54, 1.807) is 7.11 Å². The molecule has 0 unspecified atom stereocenters. The molecule has 2 saturated heterocycles. The minimum Gasteiger partial charge on any atom is -0.489 e. The van der Waals surface area contributed by atoms with Gasteiger partial charge >= 0.3 is 0 Å². The van der Waals surface area contributed by atoms with Gasteiger partial charge in [-0.3, -0.25) is 4.79 Å². The number of benzene rings is 1. The molecule has 4 rings (SSSR count). The number of piperidine rings is 1. The van der Waals surface area contributed by atoms with E-state index in [2.05, 4.69) is 15.3 Å². The predicted octanol–water partition coefficient (Wildman–Crippen LogP) is 3.09. The molecule has 0 spiro atoms. The Hall–Kier alpha value is -2.94. The number of halogens is 1. The molecule has 0 aliphatic carbocycles. The van der Waals surface area contributed by atoms with Crippen molar-refractivity contribution in [3.8, 4) is 5.75 Å². The van der Waals surface area contributed by atoms with Crippen LogP contribution in [0.3, 0.4) is 0 Å². The van der Waals surface area contributed by atoms with Crippen LogP contribution in [0.1, 0.15) is 44.7 Å². The van der Waals surface area contributed by atoms with Crippen LogP contribution < -0.4 is 19.9 Å². The lowest BCUT2D eigenvalue weighted by molar-refractivity contribution is -0.119. The van der Waals surface area contributed by atoms with Gasteiger partial charge in [-0.25, -0.2) is 9.97 Å². The van der Waals surface area contributed by atoms with Crippen LogP contribution in [0, 0.1) is 5.82 Å². The Labute approximate surface area is 194 Å². The molecule has 178 valence electrons. The van der Waals surface area contributed by atoms with E-state index >= 15 is 4.39 Å². The highest BCUT2D eigenvalue weighted by atomic mass is 19.1. The number of hydrogen-bond donors (Lipinski definition) is 1. The predicted molar refractivity (Wildman–Crippen MR) is 124 cm³/mol. The van der Waals surface area contributed by atoms with Crippen LogP contribution in [-0.4, -0.2) is 61.4 Å². The van der Waals surface area contributed by atoms with Gasteiger partial charge in [0.1, 0.15) is 18.2 Å². The third-order valence-corrected chi connectivity index (χ3v) is 6.37. The van der Waals surface area contributed by atoms with Gasteiger partial charge in [-0.1, -0.05) is 12.1 Å². The van der Waals surface area contributed by atoms with E-state index in [-0.39, 0.29) is 30.0 Å². The van der Waals surface area contributed by atoms with Gasteiger partial charge in [0.2, 0.25) is 11.7 Å². The fourth-order valence-electron chi connectivity index (χ4n) is 4.53. The van der Waals surface area contributed by atoms with Gasteiger partial charge in [0.15, 0.2) is 11.6 Å². The molecule has 2 aromatic rings. The van der Waals surface area contributed by atoms with Gasteiger partial charge in [-0.05, 0) is 37.5 Å². The Bertz CT molecular complexity index is 950. The maximum atomic E-state index is 15.3. The second-order valence-electron chi connectivity index (χ2n) is 8.72. The molecule has 8 nitrogen and oxygen atoms in total. The monoisotopic (exact) mass is 457 g/mol. The maximum absolute atomic E-state index is 15.3. The van der Waals surface area contributed by atoms with E-state index in [4.69, 9.17) is 9.47 Å². The average Bonchev–Trinajstić information content (AvgIpc) is 3.27. The summed E-state index contributed by atoms with van der Waals surface area (Å²) >= 11 is 0. The van der Waals surface area contributed by atoms with Crippen LogP contribution in [0.15, 0.2) is 30.6 Å². The minimum absolute atomic E-state index is 0.0566. The molecule has 2 fully saturated rings. The quantitative estimate of drug-likeness (QED) is 0.684. The number of amides is 1. The molecule has 1 aromatic carbocycles. The Kier molecular flexibility index (Phi) is 7.27. The number of anilines is 2. The van der Waals surface area contributed by atoms with Crippen molar-refractivity contribution in [1.82, 2.24) is 15.3 Å². The van der Waals surface area contributed by atoms with Gasteiger partial charge in [-0.15, -0.1) is 0 Å². The molecule has 1 aromatic heterocycles. The van der Waals surface area contributed by atoms with Crippen molar-refractivity contribution < 1.29 is 18.7 Å². The van der Waals surface area contributed by atoms with Gasteiger partial charge in [0.25, 0.3) is 0 Å². The first-order valence-electron chi connectivity index (χ1n) is 11.5. The number of nitrogens with one attached hydrogen (secondary N) is 1. The number of rotatable bonds is 7. The smallest absolute Gasteiger partial charge is 0.217 e. The molecule has 1 N–H and O–H groups in total. The molecular formula is C24H32FN5O3. The lowest BCUT2D eigenvalue weighted by Gasteiger charge is -2.32. The van der Waals surface area contributed by atoms with Crippen LogP contribution >= 0.6 is 0 Å². The van der Waals surface area contributed by atoms with Crippen molar-refractivity contribution in [2.24, 2.45) is 0 Å². The number of ether oxygens (including phenoxy) is 2. The van der Waals surface area contributed by atoms with E-state index in [9.17, 15) is 4.79 Å². The van der Waals surface area contributed by atoms with Crippen LogP contribution in [0.25, 0.3) is 0 Å². The van der Waals surface area contributed by atoms with Crippen molar-refractivity contribution in [3.63, 3.8) is 0 Å². The summed E-state index contributed by atoms with van der Waals surface area (Å²) in [5, 5.41) is 2.87. The molecule has 3 heterocycles. The fraction of sp³-hybridized carbons (Fsp3) is 0.542. The third kappa shape index (κ3) is 5.52. The van der Waals surface area contributed by atoms with Crippen molar-refractivity contribution in [2.45, 2.75) is 51.4 Å². The molecular weight excluding hydrogens is 425 g/mol. The van der Waals surface area contributed by atoms with Crippen molar-refractivity contribution >= 4 is 17.5 Å². The van der Waals surface area contributed by atoms with Crippen molar-refractivity contribution in [1.29, 1.82) is 0 Å². The first kappa shape index (κ1) is 23.2. The van der Waals surface area contributed by atoms with Crippen molar-refractivity contribution in [3.05, 3.63) is 42.0 Å². The maximum Gasteiger partial charge on any atom is 0.217 e. The molecule has 2 atom stereocenters. The van der Waals surface area contributed by atoms with Gasteiger partial charge in [-0.2, -0.15) is 4.39 Å². The molecule has 0 bridgehead atoms. The SMILES string of the molecule is COC1CCN(c2ncnc(N3CC[C@@H](Oc4ccc([C@H](C)NC(C)=O)cc4)C3)c2F)CC1. The second kappa shape index (κ2) is 10.3. The zero-order valence-electron chi connectivity index (χ0n) is 19.5. The van der Waals surface area contributed by atoms with Crippen molar-refractivity contribution in [2.75, 3.05) is 43.1 Å². The number of carbonyl (C=O) groups excluding carboxylic acids is 1. The molecule has 2 aliphatic heterocycles. The largest absolute Gasteiger partial charge is 0.489 e. The summed E-state index contributed by atoms with van der Waals surface area (Å²) in [5.74, 6) is 1.02. The Balaban J connectivity index is 1.37. The summed E-state index contributed by atoms with van der Waals surface area (Å²) in [7, 11) is 1.72. The third-order valence-electron chi connectivity index (χ3n) is 6.37. The fourth-order valence-corrected chi connectivity index (χ4v) is 4.53. The second-order valence-corrected chi connectivity index (χ2v) is 8.72. The molecule has 0 radical (unpaired) electrons. The van der Waals surface area contributed by atoms with E-state index in [1.807, 2.05) is 41.0 Å². The van der Waals surface area contributed by atoms with Gasteiger partial charge < -0.3 is 24.6 Å². The van der Waals surface area contributed by atoms with E-state index < -0.39 is 0 Å². The summed E-state index contributed by atoms with van der Waals surface area (Å²) < 4.78 is 26.9. The lowest BCUT2D eigenvalue weighted by Crippen LogP contribution is -2.38. The average molecular weight is 458 g/mol. The van der Waals surface area contributed by atoms with Crippen LogP contribution in [0.5, 0.6) is 5.75 Å². The number of carbonyl (C=O) groups is 1. The van der Waals surface area contributed by atoms with Crippen LogP contribution in [0.2, 0.25) is 0 Å². The summed E-state index contributed by atoms with van der Waals surface area (Å²) in [6.45, 7) is 6.11. The highest BCUT2D eigenvalue weighted by molar-refractivity contribution is 5.73. The summed E-state index contributed by atoms with van der Waals surface area (Å²) in [6.07, 6.45) is 4.11. The minimum atomic E-state index is -0.370. The zero-order valence-corrected chi connectivity index (χ0v) is 19.5. The standard InChI is InChI=1S/C24H32FN5O3/c1-16(28-17(2)31)18-4-6-20(7-5-18)33-21-10-13-30(14-21)24-22(25)23(26-15-27-24)29-11-8-19(32-3)9-12-29/h4-7,15-16,19,21H,8-14H2,1-3H3,(H,28,31)/t16-,21+/m0/s1. The highest BCUT2D eigenvalue weighted by Crippen LogP contribution is 2.30. The molecule has 33 heavy (non-hydrogen) atoms. The van der Waals surface area contributed by atoms with Crippen LogP contribution in [0.4, 0.5) is 16.0 Å².